The molecule has 0 aliphatic heterocycles. The second-order valence-corrected chi connectivity index (χ2v) is 5.93. The van der Waals surface area contributed by atoms with E-state index in [2.05, 4.69) is 5.32 Å². The van der Waals surface area contributed by atoms with E-state index >= 15 is 0 Å². The van der Waals surface area contributed by atoms with E-state index in [-0.39, 0.29) is 22.3 Å². The van der Waals surface area contributed by atoms with Crippen molar-refractivity contribution in [2.24, 2.45) is 5.92 Å². The highest BCUT2D eigenvalue weighted by Crippen LogP contribution is 2.18. The third-order valence-electron chi connectivity index (χ3n) is 3.37. The van der Waals surface area contributed by atoms with Gasteiger partial charge in [0.1, 0.15) is 6.04 Å². The molecule has 0 heterocycles. The van der Waals surface area contributed by atoms with Gasteiger partial charge in [-0.15, -0.1) is 0 Å². The van der Waals surface area contributed by atoms with Gasteiger partial charge >= 0.3 is 5.97 Å². The molecule has 1 atom stereocenters. The third kappa shape index (κ3) is 4.32. The van der Waals surface area contributed by atoms with Crippen molar-refractivity contribution in [1.29, 1.82) is 0 Å². The first kappa shape index (κ1) is 17.9. The van der Waals surface area contributed by atoms with Crippen molar-refractivity contribution in [1.82, 2.24) is 5.32 Å². The molecule has 4 nitrogen and oxygen atoms in total. The predicted octanol–water partition coefficient (Wildman–Crippen LogP) is 3.84. The molecule has 0 aliphatic carbocycles. The fourth-order valence-corrected chi connectivity index (χ4v) is 2.28. The van der Waals surface area contributed by atoms with Crippen molar-refractivity contribution in [3.05, 3.63) is 64.9 Å². The molecule has 2 rings (SSSR count). The maximum atomic E-state index is 13.6. The minimum absolute atomic E-state index is 0.180. The van der Waals surface area contributed by atoms with E-state index in [1.54, 1.807) is 44.2 Å². The van der Waals surface area contributed by atoms with Gasteiger partial charge in [-0.1, -0.05) is 49.7 Å². The summed E-state index contributed by atoms with van der Waals surface area (Å²) < 4.78 is 18.7. The van der Waals surface area contributed by atoms with Gasteiger partial charge in [-0.2, -0.15) is 0 Å². The van der Waals surface area contributed by atoms with E-state index in [0.717, 1.165) is 0 Å². The molecule has 1 N–H and O–H groups in total. The van der Waals surface area contributed by atoms with Gasteiger partial charge in [-0.3, -0.25) is 4.79 Å². The smallest absolute Gasteiger partial charge is 0.334 e. The lowest BCUT2D eigenvalue weighted by Crippen LogP contribution is -2.46. The average Bonchev–Trinajstić information content (AvgIpc) is 2.54. The maximum Gasteiger partial charge on any atom is 0.334 e. The number of hydrogen-bond acceptors (Lipinski definition) is 3. The van der Waals surface area contributed by atoms with Crippen molar-refractivity contribution in [2.45, 2.75) is 19.9 Å². The molecule has 0 aromatic heterocycles. The zero-order valence-corrected chi connectivity index (χ0v) is 14.0. The molecule has 126 valence electrons. The van der Waals surface area contributed by atoms with Crippen molar-refractivity contribution >= 4 is 23.5 Å². The monoisotopic (exact) mass is 349 g/mol. The molecule has 6 heteroatoms. The molecule has 0 radical (unpaired) electrons. The molecule has 0 bridgehead atoms. The van der Waals surface area contributed by atoms with Crippen molar-refractivity contribution in [3.63, 3.8) is 0 Å². The van der Waals surface area contributed by atoms with Crippen LogP contribution in [0.2, 0.25) is 5.02 Å². The van der Waals surface area contributed by atoms with Gasteiger partial charge in [0.15, 0.2) is 11.6 Å². The molecular formula is C18H17ClFNO3. The Morgan fingerprint density at radius 1 is 1.08 bits per heavy atom. The Labute approximate surface area is 144 Å². The average molecular weight is 350 g/mol. The lowest BCUT2D eigenvalue weighted by atomic mass is 10.0. The molecule has 2 aromatic carbocycles. The second-order valence-electron chi connectivity index (χ2n) is 5.53. The van der Waals surface area contributed by atoms with Crippen LogP contribution in [0.15, 0.2) is 48.5 Å². The fourth-order valence-electron chi connectivity index (χ4n) is 2.06. The fraction of sp³-hybridized carbons (Fsp3) is 0.222. The van der Waals surface area contributed by atoms with Crippen LogP contribution >= 0.6 is 11.6 Å². The minimum Gasteiger partial charge on any atom is -0.422 e. The Balaban J connectivity index is 2.15. The summed E-state index contributed by atoms with van der Waals surface area (Å²) >= 11 is 5.99. The van der Waals surface area contributed by atoms with Crippen LogP contribution < -0.4 is 10.1 Å². The molecule has 1 amide bonds. The number of esters is 1. The first-order valence-electron chi connectivity index (χ1n) is 7.41. The predicted molar refractivity (Wildman–Crippen MR) is 89.6 cm³/mol. The van der Waals surface area contributed by atoms with E-state index in [0.29, 0.717) is 0 Å². The van der Waals surface area contributed by atoms with E-state index in [9.17, 15) is 14.0 Å². The van der Waals surface area contributed by atoms with E-state index in [4.69, 9.17) is 16.3 Å². The zero-order chi connectivity index (χ0) is 17.7. The number of benzene rings is 2. The standard InChI is InChI=1S/C18H17ClFNO3/c1-11(2)16(18(23)24-15-10-6-5-9-14(15)20)21-17(22)12-7-3-4-8-13(12)19/h3-11,16H,1-2H3,(H,21,22). The number of carbonyl (C=O) groups is 2. The van der Waals surface area contributed by atoms with E-state index < -0.39 is 23.7 Å². The molecule has 0 fully saturated rings. The Bertz CT molecular complexity index is 749. The van der Waals surface area contributed by atoms with E-state index in [1.807, 2.05) is 0 Å². The maximum absolute atomic E-state index is 13.6. The van der Waals surface area contributed by atoms with Crippen molar-refractivity contribution in [3.8, 4) is 5.75 Å². The van der Waals surface area contributed by atoms with Crippen molar-refractivity contribution < 1.29 is 18.7 Å². The third-order valence-corrected chi connectivity index (χ3v) is 3.70. The first-order valence-corrected chi connectivity index (χ1v) is 7.79. The van der Waals surface area contributed by atoms with Gasteiger partial charge in [0.2, 0.25) is 0 Å². The number of hydrogen-bond donors (Lipinski definition) is 1. The Kier molecular flexibility index (Phi) is 5.93. The normalized spacial score (nSPS) is 11.9. The summed E-state index contributed by atoms with van der Waals surface area (Å²) in [4.78, 5) is 24.6. The minimum atomic E-state index is -0.937. The highest BCUT2D eigenvalue weighted by atomic mass is 35.5. The van der Waals surface area contributed by atoms with Crippen molar-refractivity contribution in [2.75, 3.05) is 0 Å². The summed E-state index contributed by atoms with van der Waals surface area (Å²) in [6.07, 6.45) is 0. The molecule has 0 aliphatic rings. The topological polar surface area (TPSA) is 55.4 Å². The summed E-state index contributed by atoms with van der Waals surface area (Å²) in [7, 11) is 0. The molecule has 0 spiro atoms. The first-order chi connectivity index (χ1) is 11.4. The number of nitrogens with one attached hydrogen (secondary N) is 1. The lowest BCUT2D eigenvalue weighted by Gasteiger charge is -2.21. The van der Waals surface area contributed by atoms with Gasteiger partial charge in [-0.05, 0) is 30.2 Å². The number of amides is 1. The summed E-state index contributed by atoms with van der Waals surface area (Å²) in [5.41, 5.74) is 0.253. The van der Waals surface area contributed by atoms with Crippen LogP contribution in [0.1, 0.15) is 24.2 Å². The number of carbonyl (C=O) groups excluding carboxylic acids is 2. The van der Waals surface area contributed by atoms with Gasteiger partial charge in [-0.25, -0.2) is 9.18 Å². The zero-order valence-electron chi connectivity index (χ0n) is 13.3. The number of halogens is 2. The highest BCUT2D eigenvalue weighted by Gasteiger charge is 2.27. The molecule has 0 saturated heterocycles. The Hall–Kier alpha value is -2.40. The van der Waals surface area contributed by atoms with Crippen LogP contribution in [-0.2, 0) is 4.79 Å². The molecule has 2 aromatic rings. The molecule has 0 saturated carbocycles. The van der Waals surface area contributed by atoms with Crippen LogP contribution in [0.5, 0.6) is 5.75 Å². The van der Waals surface area contributed by atoms with Gasteiger partial charge in [0.25, 0.3) is 5.91 Å². The van der Waals surface area contributed by atoms with Crippen LogP contribution in [-0.4, -0.2) is 17.9 Å². The summed E-state index contributed by atoms with van der Waals surface area (Å²) in [6.45, 7) is 3.50. The summed E-state index contributed by atoms with van der Waals surface area (Å²) in [5.74, 6) is -2.32. The van der Waals surface area contributed by atoms with Crippen LogP contribution in [0.4, 0.5) is 4.39 Å². The second kappa shape index (κ2) is 7.93. The number of rotatable bonds is 5. The van der Waals surface area contributed by atoms with Crippen LogP contribution in [0.25, 0.3) is 0 Å². The quantitative estimate of drug-likeness (QED) is 0.659. The van der Waals surface area contributed by atoms with Crippen LogP contribution in [0.3, 0.4) is 0 Å². The largest absolute Gasteiger partial charge is 0.422 e. The SMILES string of the molecule is CC(C)C(NC(=O)c1ccccc1Cl)C(=O)Oc1ccccc1F. The summed E-state index contributed by atoms with van der Waals surface area (Å²) in [6, 6.07) is 11.2. The molecule has 24 heavy (non-hydrogen) atoms. The van der Waals surface area contributed by atoms with Crippen LogP contribution in [0, 0.1) is 11.7 Å². The van der Waals surface area contributed by atoms with Gasteiger partial charge in [0.05, 0.1) is 10.6 Å². The Morgan fingerprint density at radius 3 is 2.33 bits per heavy atom. The number of ether oxygens (including phenoxy) is 1. The van der Waals surface area contributed by atoms with Gasteiger partial charge < -0.3 is 10.1 Å². The van der Waals surface area contributed by atoms with E-state index in [1.165, 1.54) is 18.2 Å². The number of para-hydroxylation sites is 1. The molecular weight excluding hydrogens is 333 g/mol. The highest BCUT2D eigenvalue weighted by molar-refractivity contribution is 6.33. The van der Waals surface area contributed by atoms with Gasteiger partial charge in [0, 0.05) is 0 Å². The lowest BCUT2D eigenvalue weighted by molar-refractivity contribution is -0.137. The summed E-state index contributed by atoms with van der Waals surface area (Å²) in [5, 5.41) is 2.87. The molecule has 1 unspecified atom stereocenters. The Morgan fingerprint density at radius 2 is 1.71 bits per heavy atom.